The van der Waals surface area contributed by atoms with Crippen LogP contribution in [0.25, 0.3) is 0 Å². The Morgan fingerprint density at radius 1 is 1.05 bits per heavy atom. The Balaban J connectivity index is 2.57. The van der Waals surface area contributed by atoms with E-state index in [1.165, 1.54) is 16.7 Å². The van der Waals surface area contributed by atoms with E-state index in [-0.39, 0.29) is 6.04 Å². The molecule has 2 aromatic rings. The Morgan fingerprint density at radius 2 is 1.80 bits per heavy atom. The van der Waals surface area contributed by atoms with Gasteiger partial charge in [0.2, 0.25) is 0 Å². The SMILES string of the molecule is COc1cc(C)cc(C)c1C(NN)c1cccc(C)c1. The number of benzene rings is 2. The van der Waals surface area contributed by atoms with E-state index >= 15 is 0 Å². The molecule has 2 rings (SSSR count). The number of hydrazine groups is 1. The van der Waals surface area contributed by atoms with Gasteiger partial charge in [-0.25, -0.2) is 5.43 Å². The zero-order chi connectivity index (χ0) is 14.7. The van der Waals surface area contributed by atoms with Gasteiger partial charge in [0.15, 0.2) is 0 Å². The molecule has 2 aromatic carbocycles. The number of rotatable bonds is 4. The molecule has 0 aliphatic carbocycles. The molecule has 0 fully saturated rings. The molecule has 3 N–H and O–H groups in total. The van der Waals surface area contributed by atoms with E-state index in [4.69, 9.17) is 10.6 Å². The first-order valence-corrected chi connectivity index (χ1v) is 6.74. The van der Waals surface area contributed by atoms with Crippen LogP contribution in [0.4, 0.5) is 0 Å². The van der Waals surface area contributed by atoms with E-state index < -0.39 is 0 Å². The van der Waals surface area contributed by atoms with Gasteiger partial charge in [-0.2, -0.15) is 0 Å². The summed E-state index contributed by atoms with van der Waals surface area (Å²) < 4.78 is 5.55. The number of hydrogen-bond acceptors (Lipinski definition) is 3. The Morgan fingerprint density at radius 3 is 2.40 bits per heavy atom. The van der Waals surface area contributed by atoms with Crippen LogP contribution in [0, 0.1) is 20.8 Å². The Kier molecular flexibility index (Phi) is 4.42. The standard InChI is InChI=1S/C17H22N2O/c1-11-6-5-7-14(9-11)17(19-18)16-13(3)8-12(2)10-15(16)20-4/h5-10,17,19H,18H2,1-4H3. The van der Waals surface area contributed by atoms with Crippen molar-refractivity contribution in [1.29, 1.82) is 0 Å². The number of hydrogen-bond donors (Lipinski definition) is 2. The van der Waals surface area contributed by atoms with Crippen molar-refractivity contribution in [2.75, 3.05) is 7.11 Å². The van der Waals surface area contributed by atoms with Crippen molar-refractivity contribution in [1.82, 2.24) is 5.43 Å². The summed E-state index contributed by atoms with van der Waals surface area (Å²) in [6.45, 7) is 6.23. The lowest BCUT2D eigenvalue weighted by Crippen LogP contribution is -2.29. The first-order valence-electron chi connectivity index (χ1n) is 6.74. The lowest BCUT2D eigenvalue weighted by atomic mass is 9.92. The van der Waals surface area contributed by atoms with E-state index in [2.05, 4.69) is 50.5 Å². The summed E-state index contributed by atoms with van der Waals surface area (Å²) in [6, 6.07) is 12.5. The minimum Gasteiger partial charge on any atom is -0.496 e. The second kappa shape index (κ2) is 6.07. The maximum absolute atomic E-state index is 5.81. The predicted molar refractivity (Wildman–Crippen MR) is 82.8 cm³/mol. The van der Waals surface area contributed by atoms with Crippen molar-refractivity contribution in [2.24, 2.45) is 5.84 Å². The van der Waals surface area contributed by atoms with E-state index in [0.29, 0.717) is 0 Å². The van der Waals surface area contributed by atoms with Crippen LogP contribution in [0.15, 0.2) is 36.4 Å². The summed E-state index contributed by atoms with van der Waals surface area (Å²) >= 11 is 0. The average Bonchev–Trinajstić information content (AvgIpc) is 2.41. The maximum atomic E-state index is 5.81. The van der Waals surface area contributed by atoms with Crippen molar-refractivity contribution < 1.29 is 4.74 Å². The van der Waals surface area contributed by atoms with Crippen LogP contribution in [-0.2, 0) is 0 Å². The fraction of sp³-hybridized carbons (Fsp3) is 0.294. The van der Waals surface area contributed by atoms with Crippen LogP contribution in [0.3, 0.4) is 0 Å². The summed E-state index contributed by atoms with van der Waals surface area (Å²) in [5.41, 5.74) is 8.71. The lowest BCUT2D eigenvalue weighted by Gasteiger charge is -2.22. The molecule has 0 radical (unpaired) electrons. The number of methoxy groups -OCH3 is 1. The predicted octanol–water partition coefficient (Wildman–Crippen LogP) is 3.17. The molecular weight excluding hydrogens is 248 g/mol. The van der Waals surface area contributed by atoms with Crippen LogP contribution in [0.5, 0.6) is 5.75 Å². The molecule has 1 unspecified atom stereocenters. The molecule has 0 spiro atoms. The van der Waals surface area contributed by atoms with E-state index in [1.54, 1.807) is 7.11 Å². The molecule has 0 amide bonds. The number of ether oxygens (including phenoxy) is 1. The Labute approximate surface area is 120 Å². The van der Waals surface area contributed by atoms with Crippen molar-refractivity contribution in [3.05, 3.63) is 64.2 Å². The van der Waals surface area contributed by atoms with Gasteiger partial charge in [-0.3, -0.25) is 5.84 Å². The monoisotopic (exact) mass is 270 g/mol. The highest BCUT2D eigenvalue weighted by Crippen LogP contribution is 2.33. The summed E-state index contributed by atoms with van der Waals surface area (Å²) in [5.74, 6) is 6.68. The minimum atomic E-state index is -0.0783. The first kappa shape index (κ1) is 14.6. The van der Waals surface area contributed by atoms with Gasteiger partial charge < -0.3 is 4.74 Å². The molecule has 1 atom stereocenters. The molecule has 0 aliphatic rings. The Hall–Kier alpha value is -1.84. The normalized spacial score (nSPS) is 12.2. The smallest absolute Gasteiger partial charge is 0.124 e. The first-order chi connectivity index (χ1) is 9.56. The highest BCUT2D eigenvalue weighted by molar-refractivity contribution is 5.48. The lowest BCUT2D eigenvalue weighted by molar-refractivity contribution is 0.403. The minimum absolute atomic E-state index is 0.0783. The summed E-state index contributed by atoms with van der Waals surface area (Å²) in [6.07, 6.45) is 0. The third-order valence-corrected chi connectivity index (χ3v) is 3.54. The molecule has 0 heterocycles. The summed E-state index contributed by atoms with van der Waals surface area (Å²) in [5, 5.41) is 0. The molecule has 3 nitrogen and oxygen atoms in total. The van der Waals surface area contributed by atoms with E-state index in [0.717, 1.165) is 16.9 Å². The van der Waals surface area contributed by atoms with Crippen molar-refractivity contribution in [3.63, 3.8) is 0 Å². The molecule has 0 saturated carbocycles. The fourth-order valence-electron chi connectivity index (χ4n) is 2.67. The average molecular weight is 270 g/mol. The molecule has 106 valence electrons. The van der Waals surface area contributed by atoms with E-state index in [9.17, 15) is 0 Å². The van der Waals surface area contributed by atoms with E-state index in [1.807, 2.05) is 12.1 Å². The molecule has 20 heavy (non-hydrogen) atoms. The highest BCUT2D eigenvalue weighted by atomic mass is 16.5. The third-order valence-electron chi connectivity index (χ3n) is 3.54. The number of aryl methyl sites for hydroxylation is 3. The second-order valence-corrected chi connectivity index (χ2v) is 5.21. The van der Waals surface area contributed by atoms with Gasteiger partial charge in [-0.05, 0) is 43.5 Å². The van der Waals surface area contributed by atoms with Gasteiger partial charge in [-0.1, -0.05) is 35.9 Å². The summed E-state index contributed by atoms with van der Waals surface area (Å²) in [7, 11) is 1.70. The van der Waals surface area contributed by atoms with Crippen LogP contribution >= 0.6 is 0 Å². The van der Waals surface area contributed by atoms with Crippen LogP contribution in [-0.4, -0.2) is 7.11 Å². The van der Waals surface area contributed by atoms with Crippen molar-refractivity contribution in [2.45, 2.75) is 26.8 Å². The van der Waals surface area contributed by atoms with Crippen LogP contribution in [0.1, 0.15) is 33.9 Å². The second-order valence-electron chi connectivity index (χ2n) is 5.21. The van der Waals surface area contributed by atoms with Gasteiger partial charge in [0.05, 0.1) is 13.2 Å². The van der Waals surface area contributed by atoms with Crippen molar-refractivity contribution >= 4 is 0 Å². The molecule has 3 heteroatoms. The molecular formula is C17H22N2O. The van der Waals surface area contributed by atoms with Gasteiger partial charge in [0.1, 0.15) is 5.75 Å². The quantitative estimate of drug-likeness (QED) is 0.662. The highest BCUT2D eigenvalue weighted by Gasteiger charge is 2.19. The topological polar surface area (TPSA) is 47.3 Å². The zero-order valence-corrected chi connectivity index (χ0v) is 12.5. The maximum Gasteiger partial charge on any atom is 0.124 e. The number of nitrogens with two attached hydrogens (primary N) is 1. The van der Waals surface area contributed by atoms with Crippen LogP contribution < -0.4 is 16.0 Å². The van der Waals surface area contributed by atoms with Gasteiger partial charge in [0, 0.05) is 5.56 Å². The number of nitrogens with one attached hydrogen (secondary N) is 1. The Bertz CT molecular complexity index is 608. The fourth-order valence-corrected chi connectivity index (χ4v) is 2.67. The largest absolute Gasteiger partial charge is 0.496 e. The van der Waals surface area contributed by atoms with Crippen molar-refractivity contribution in [3.8, 4) is 5.75 Å². The van der Waals surface area contributed by atoms with Gasteiger partial charge in [0.25, 0.3) is 0 Å². The third kappa shape index (κ3) is 2.84. The van der Waals surface area contributed by atoms with Gasteiger partial charge >= 0.3 is 0 Å². The molecule has 0 saturated heterocycles. The van der Waals surface area contributed by atoms with Gasteiger partial charge in [-0.15, -0.1) is 0 Å². The molecule has 0 aromatic heterocycles. The zero-order valence-electron chi connectivity index (χ0n) is 12.5. The molecule has 0 aliphatic heterocycles. The summed E-state index contributed by atoms with van der Waals surface area (Å²) in [4.78, 5) is 0. The molecule has 0 bridgehead atoms. The van der Waals surface area contributed by atoms with Crippen LogP contribution in [0.2, 0.25) is 0 Å².